The number of hydrogen-bond acceptors (Lipinski definition) is 6. The second-order valence-corrected chi connectivity index (χ2v) is 7.36. The molecule has 0 saturated carbocycles. The highest BCUT2D eigenvalue weighted by molar-refractivity contribution is 7.17. The molecule has 0 aliphatic heterocycles. The number of thiazole rings is 1. The maximum atomic E-state index is 12.6. The lowest BCUT2D eigenvalue weighted by atomic mass is 10.1. The first-order chi connectivity index (χ1) is 12.3. The van der Waals surface area contributed by atoms with Crippen LogP contribution in [0.5, 0.6) is 0 Å². The molecule has 2 heterocycles. The van der Waals surface area contributed by atoms with Gasteiger partial charge in [0.1, 0.15) is 4.88 Å². The number of benzene rings is 1. The predicted octanol–water partition coefficient (Wildman–Crippen LogP) is 4.47. The van der Waals surface area contributed by atoms with Crippen molar-refractivity contribution in [2.75, 3.05) is 10.6 Å². The molecule has 0 atom stereocenters. The smallest absolute Gasteiger partial charge is 0.267 e. The van der Waals surface area contributed by atoms with E-state index in [1.54, 1.807) is 12.4 Å². The molecule has 2 N–H and O–H groups in total. The SMILES string of the molecule is Cc1cc(C)c(NC(=O)c2cnc(Nc3ncc(C)nc3C)s2)c(C)c1. The second kappa shape index (κ2) is 7.21. The lowest BCUT2D eigenvalue weighted by molar-refractivity contribution is 0.103. The Balaban J connectivity index is 1.76. The first-order valence-corrected chi connectivity index (χ1v) is 9.07. The van der Waals surface area contributed by atoms with E-state index >= 15 is 0 Å². The quantitative estimate of drug-likeness (QED) is 0.711. The van der Waals surface area contributed by atoms with Crippen molar-refractivity contribution in [1.29, 1.82) is 0 Å². The second-order valence-electron chi connectivity index (χ2n) is 6.33. The number of hydrogen-bond donors (Lipinski definition) is 2. The molecule has 134 valence electrons. The molecule has 0 bridgehead atoms. The molecule has 6 nitrogen and oxygen atoms in total. The number of aryl methyl sites for hydroxylation is 5. The van der Waals surface area contributed by atoms with E-state index in [0.29, 0.717) is 15.8 Å². The molecule has 3 aromatic rings. The van der Waals surface area contributed by atoms with Gasteiger partial charge in [0.05, 0.1) is 23.8 Å². The van der Waals surface area contributed by atoms with Gasteiger partial charge < -0.3 is 10.6 Å². The highest BCUT2D eigenvalue weighted by Gasteiger charge is 2.14. The van der Waals surface area contributed by atoms with Crippen molar-refractivity contribution in [1.82, 2.24) is 15.0 Å². The van der Waals surface area contributed by atoms with Crippen molar-refractivity contribution in [3.05, 3.63) is 57.5 Å². The van der Waals surface area contributed by atoms with Gasteiger partial charge >= 0.3 is 0 Å². The van der Waals surface area contributed by atoms with E-state index < -0.39 is 0 Å². The fourth-order valence-electron chi connectivity index (χ4n) is 2.81. The molecule has 0 unspecified atom stereocenters. The van der Waals surface area contributed by atoms with Crippen LogP contribution < -0.4 is 10.6 Å². The number of amides is 1. The van der Waals surface area contributed by atoms with E-state index in [4.69, 9.17) is 0 Å². The molecular weight excluding hydrogens is 346 g/mol. The van der Waals surface area contributed by atoms with Gasteiger partial charge in [-0.05, 0) is 45.7 Å². The van der Waals surface area contributed by atoms with Gasteiger partial charge in [0.15, 0.2) is 10.9 Å². The summed E-state index contributed by atoms with van der Waals surface area (Å²) in [5.41, 5.74) is 5.77. The van der Waals surface area contributed by atoms with Gasteiger partial charge in [0, 0.05) is 5.69 Å². The van der Waals surface area contributed by atoms with Crippen molar-refractivity contribution in [3.8, 4) is 0 Å². The van der Waals surface area contributed by atoms with Gasteiger partial charge in [0.25, 0.3) is 5.91 Å². The number of carbonyl (C=O) groups excluding carboxylic acids is 1. The van der Waals surface area contributed by atoms with Crippen LogP contribution in [0.4, 0.5) is 16.6 Å². The molecule has 3 rings (SSSR count). The first-order valence-electron chi connectivity index (χ1n) is 8.26. The standard InChI is InChI=1S/C19H21N5OS/c1-10-6-11(2)16(12(3)7-10)23-18(25)15-9-21-19(26-15)24-17-14(5)22-13(4)8-20-17/h6-9H,1-5H3,(H,23,25)(H,20,21,24). The van der Waals surface area contributed by atoms with Crippen molar-refractivity contribution in [3.63, 3.8) is 0 Å². The lowest BCUT2D eigenvalue weighted by Crippen LogP contribution is -2.12. The van der Waals surface area contributed by atoms with Crippen LogP contribution in [-0.2, 0) is 0 Å². The van der Waals surface area contributed by atoms with Crippen molar-refractivity contribution in [2.45, 2.75) is 34.6 Å². The third-order valence-electron chi connectivity index (χ3n) is 3.94. The van der Waals surface area contributed by atoms with Crippen LogP contribution in [0.15, 0.2) is 24.5 Å². The molecule has 0 radical (unpaired) electrons. The summed E-state index contributed by atoms with van der Waals surface area (Å²) in [4.78, 5) is 26.1. The summed E-state index contributed by atoms with van der Waals surface area (Å²) in [6.07, 6.45) is 3.26. The Kier molecular flexibility index (Phi) is 4.99. The summed E-state index contributed by atoms with van der Waals surface area (Å²) in [6, 6.07) is 4.11. The minimum Gasteiger partial charge on any atom is -0.321 e. The van der Waals surface area contributed by atoms with E-state index in [2.05, 4.69) is 37.7 Å². The average molecular weight is 367 g/mol. The van der Waals surface area contributed by atoms with Crippen LogP contribution in [0, 0.1) is 34.6 Å². The molecular formula is C19H21N5OS. The molecule has 0 fully saturated rings. The molecule has 0 aliphatic carbocycles. The highest BCUT2D eigenvalue weighted by atomic mass is 32.1. The predicted molar refractivity (Wildman–Crippen MR) is 106 cm³/mol. The van der Waals surface area contributed by atoms with Crippen LogP contribution in [0.2, 0.25) is 0 Å². The number of rotatable bonds is 4. The van der Waals surface area contributed by atoms with E-state index in [0.717, 1.165) is 28.2 Å². The van der Waals surface area contributed by atoms with E-state index in [1.165, 1.54) is 16.9 Å². The molecule has 26 heavy (non-hydrogen) atoms. The van der Waals surface area contributed by atoms with Crippen molar-refractivity contribution in [2.24, 2.45) is 0 Å². The molecule has 7 heteroatoms. The zero-order chi connectivity index (χ0) is 18.8. The van der Waals surface area contributed by atoms with Gasteiger partial charge in [-0.25, -0.2) is 9.97 Å². The summed E-state index contributed by atoms with van der Waals surface area (Å²) < 4.78 is 0. The average Bonchev–Trinajstić information content (AvgIpc) is 3.02. The van der Waals surface area contributed by atoms with Crippen LogP contribution in [0.1, 0.15) is 37.7 Å². The monoisotopic (exact) mass is 367 g/mol. The Morgan fingerprint density at radius 3 is 2.35 bits per heavy atom. The van der Waals surface area contributed by atoms with Crippen LogP contribution in [0.3, 0.4) is 0 Å². The molecule has 1 aromatic carbocycles. The van der Waals surface area contributed by atoms with Gasteiger partial charge in [-0.15, -0.1) is 0 Å². The summed E-state index contributed by atoms with van der Waals surface area (Å²) >= 11 is 1.28. The summed E-state index contributed by atoms with van der Waals surface area (Å²) in [5, 5.41) is 6.72. The minimum atomic E-state index is -0.169. The van der Waals surface area contributed by atoms with E-state index in [9.17, 15) is 4.79 Å². The van der Waals surface area contributed by atoms with Gasteiger partial charge in [0.2, 0.25) is 0 Å². The number of nitrogens with one attached hydrogen (secondary N) is 2. The maximum absolute atomic E-state index is 12.6. The normalized spacial score (nSPS) is 10.7. The number of nitrogens with zero attached hydrogens (tertiary/aromatic N) is 3. The van der Waals surface area contributed by atoms with Crippen LogP contribution in [0.25, 0.3) is 0 Å². The van der Waals surface area contributed by atoms with Crippen molar-refractivity contribution < 1.29 is 4.79 Å². The first kappa shape index (κ1) is 18.0. The Morgan fingerprint density at radius 1 is 1.00 bits per heavy atom. The fraction of sp³-hybridized carbons (Fsp3) is 0.263. The maximum Gasteiger partial charge on any atom is 0.267 e. The van der Waals surface area contributed by atoms with Crippen LogP contribution >= 0.6 is 11.3 Å². The Bertz CT molecular complexity index is 957. The van der Waals surface area contributed by atoms with Crippen LogP contribution in [-0.4, -0.2) is 20.9 Å². The number of aromatic nitrogens is 3. The Labute approximate surface area is 156 Å². The molecule has 0 aliphatic rings. The summed E-state index contributed by atoms with van der Waals surface area (Å²) in [7, 11) is 0. The minimum absolute atomic E-state index is 0.169. The van der Waals surface area contributed by atoms with Gasteiger partial charge in [-0.3, -0.25) is 9.78 Å². The lowest BCUT2D eigenvalue weighted by Gasteiger charge is -2.12. The summed E-state index contributed by atoms with van der Waals surface area (Å²) in [6.45, 7) is 9.81. The van der Waals surface area contributed by atoms with Gasteiger partial charge in [-0.2, -0.15) is 0 Å². The third kappa shape index (κ3) is 3.88. The molecule has 0 spiro atoms. The van der Waals surface area contributed by atoms with Crippen molar-refractivity contribution >= 4 is 33.9 Å². The molecule has 2 aromatic heterocycles. The number of anilines is 3. The van der Waals surface area contributed by atoms with E-state index in [1.807, 2.05) is 34.6 Å². The highest BCUT2D eigenvalue weighted by Crippen LogP contribution is 2.26. The largest absolute Gasteiger partial charge is 0.321 e. The molecule has 1 amide bonds. The fourth-order valence-corrected chi connectivity index (χ4v) is 3.52. The topological polar surface area (TPSA) is 79.8 Å². The zero-order valence-electron chi connectivity index (χ0n) is 15.5. The zero-order valence-corrected chi connectivity index (χ0v) is 16.3. The van der Waals surface area contributed by atoms with Gasteiger partial charge in [-0.1, -0.05) is 29.0 Å². The Morgan fingerprint density at radius 2 is 1.69 bits per heavy atom. The van der Waals surface area contributed by atoms with E-state index in [-0.39, 0.29) is 5.91 Å². The Hall–Kier alpha value is -2.80. The number of carbonyl (C=O) groups is 1. The molecule has 0 saturated heterocycles. The summed E-state index contributed by atoms with van der Waals surface area (Å²) in [5.74, 6) is 0.472. The third-order valence-corrected chi connectivity index (χ3v) is 4.85.